The molecule has 0 unspecified atom stereocenters. The van der Waals surface area contributed by atoms with Crippen LogP contribution in [0.25, 0.3) is 17.2 Å². The lowest BCUT2D eigenvalue weighted by Crippen LogP contribution is -2.19. The predicted molar refractivity (Wildman–Crippen MR) is 104 cm³/mol. The summed E-state index contributed by atoms with van der Waals surface area (Å²) < 4.78 is 41.2. The van der Waals surface area contributed by atoms with E-state index in [1.54, 1.807) is 19.2 Å². The minimum Gasteiger partial charge on any atom is -0.406 e. The Balaban J connectivity index is 2.09. The van der Waals surface area contributed by atoms with Gasteiger partial charge in [0, 0.05) is 43.6 Å². The standard InChI is InChI=1S/C21H21F3N2O3/c1-26(13-28)12-15-11-19(14-4-6-16(7-5-14)29-21(22,23)24)20-18(3-2-9-25-20)17(15)8-10-27/h2-7,11,13,25,27H,8-10,12H2,1H3. The number of aliphatic hydroxyl groups excluding tert-OH is 1. The number of fused-ring (bicyclic) bond motifs is 1. The summed E-state index contributed by atoms with van der Waals surface area (Å²) in [7, 11) is 1.66. The van der Waals surface area contributed by atoms with E-state index in [1.165, 1.54) is 17.0 Å². The third-order valence-corrected chi connectivity index (χ3v) is 4.61. The number of alkyl halides is 3. The SMILES string of the molecule is CN(C=O)Cc1cc(-c2ccc(OC(F)(F)F)cc2)c2c(c1CCO)C=CCN2. The zero-order chi connectivity index (χ0) is 21.0. The molecule has 0 aliphatic carbocycles. The first kappa shape index (κ1) is 20.7. The highest BCUT2D eigenvalue weighted by atomic mass is 19.4. The molecule has 1 heterocycles. The fraction of sp³-hybridized carbons (Fsp3) is 0.286. The van der Waals surface area contributed by atoms with Crippen molar-refractivity contribution in [2.75, 3.05) is 25.5 Å². The summed E-state index contributed by atoms with van der Waals surface area (Å²) in [6, 6.07) is 7.58. The lowest BCUT2D eigenvalue weighted by molar-refractivity contribution is -0.274. The van der Waals surface area contributed by atoms with Gasteiger partial charge < -0.3 is 20.1 Å². The normalized spacial score (nSPS) is 12.9. The Labute approximate surface area is 166 Å². The summed E-state index contributed by atoms with van der Waals surface area (Å²) in [5, 5.41) is 12.8. The van der Waals surface area contributed by atoms with E-state index in [0.29, 0.717) is 25.1 Å². The number of carbonyl (C=O) groups excluding carboxylic acids is 1. The number of hydrogen-bond acceptors (Lipinski definition) is 4. The molecule has 0 spiro atoms. The molecule has 2 aromatic carbocycles. The fourth-order valence-corrected chi connectivity index (χ4v) is 3.43. The summed E-state index contributed by atoms with van der Waals surface area (Å²) in [4.78, 5) is 12.6. The summed E-state index contributed by atoms with van der Waals surface area (Å²) in [6.45, 7) is 0.921. The Morgan fingerprint density at radius 2 is 2.00 bits per heavy atom. The van der Waals surface area contributed by atoms with E-state index in [-0.39, 0.29) is 12.4 Å². The first-order valence-corrected chi connectivity index (χ1v) is 9.04. The molecule has 0 saturated heterocycles. The number of hydrogen-bond donors (Lipinski definition) is 2. The largest absolute Gasteiger partial charge is 0.573 e. The van der Waals surface area contributed by atoms with E-state index in [2.05, 4.69) is 10.1 Å². The maximum absolute atomic E-state index is 12.4. The second-order valence-electron chi connectivity index (χ2n) is 6.70. The number of nitrogens with zero attached hydrogens (tertiary/aromatic N) is 1. The number of amides is 1. The maximum Gasteiger partial charge on any atom is 0.573 e. The molecule has 0 saturated carbocycles. The molecule has 3 rings (SSSR count). The van der Waals surface area contributed by atoms with Crippen molar-refractivity contribution in [1.29, 1.82) is 0 Å². The number of halogens is 3. The molecule has 1 aliphatic heterocycles. The van der Waals surface area contributed by atoms with Crippen LogP contribution in [-0.2, 0) is 17.8 Å². The van der Waals surface area contributed by atoms with Crippen LogP contribution in [0.15, 0.2) is 36.4 Å². The molecule has 5 nitrogen and oxygen atoms in total. The van der Waals surface area contributed by atoms with Crippen LogP contribution in [0, 0.1) is 0 Å². The Kier molecular flexibility index (Phi) is 6.12. The van der Waals surface area contributed by atoms with Gasteiger partial charge in [0.2, 0.25) is 6.41 Å². The molecule has 0 fully saturated rings. The van der Waals surface area contributed by atoms with E-state index in [9.17, 15) is 23.1 Å². The minimum atomic E-state index is -4.74. The molecule has 0 bridgehead atoms. The lowest BCUT2D eigenvalue weighted by Gasteiger charge is -2.25. The molecule has 29 heavy (non-hydrogen) atoms. The van der Waals surface area contributed by atoms with Crippen LogP contribution in [0.1, 0.15) is 16.7 Å². The Hall–Kier alpha value is -3.00. The minimum absolute atomic E-state index is 0.0408. The van der Waals surface area contributed by atoms with Gasteiger partial charge in [-0.15, -0.1) is 13.2 Å². The molecular formula is C21H21F3N2O3. The van der Waals surface area contributed by atoms with Gasteiger partial charge in [0.1, 0.15) is 5.75 Å². The van der Waals surface area contributed by atoms with E-state index < -0.39 is 6.36 Å². The summed E-state index contributed by atoms with van der Waals surface area (Å²) >= 11 is 0. The monoisotopic (exact) mass is 406 g/mol. The third-order valence-electron chi connectivity index (χ3n) is 4.61. The van der Waals surface area contributed by atoms with Crippen LogP contribution in [0.2, 0.25) is 0 Å². The van der Waals surface area contributed by atoms with Gasteiger partial charge >= 0.3 is 6.36 Å². The first-order valence-electron chi connectivity index (χ1n) is 9.04. The second-order valence-corrected chi connectivity index (χ2v) is 6.70. The van der Waals surface area contributed by atoms with Crippen molar-refractivity contribution < 1.29 is 27.8 Å². The van der Waals surface area contributed by atoms with Gasteiger partial charge in [0.25, 0.3) is 0 Å². The van der Waals surface area contributed by atoms with Crippen molar-refractivity contribution in [3.8, 4) is 16.9 Å². The van der Waals surface area contributed by atoms with E-state index in [4.69, 9.17) is 0 Å². The Morgan fingerprint density at radius 1 is 1.28 bits per heavy atom. The predicted octanol–water partition coefficient (Wildman–Crippen LogP) is 3.81. The molecule has 2 N–H and O–H groups in total. The van der Waals surface area contributed by atoms with Crippen molar-refractivity contribution in [1.82, 2.24) is 4.90 Å². The smallest absolute Gasteiger partial charge is 0.406 e. The van der Waals surface area contributed by atoms with Crippen molar-refractivity contribution in [3.05, 3.63) is 53.1 Å². The first-order chi connectivity index (χ1) is 13.8. The highest BCUT2D eigenvalue weighted by Gasteiger charge is 2.31. The number of carbonyl (C=O) groups is 1. The van der Waals surface area contributed by atoms with Gasteiger partial charge in [-0.1, -0.05) is 24.3 Å². The Morgan fingerprint density at radius 3 is 2.62 bits per heavy atom. The molecule has 2 aromatic rings. The maximum atomic E-state index is 12.4. The number of rotatable bonds is 7. The summed E-state index contributed by atoms with van der Waals surface area (Å²) in [5.74, 6) is -0.291. The second kappa shape index (κ2) is 8.57. The molecule has 154 valence electrons. The molecular weight excluding hydrogens is 385 g/mol. The lowest BCUT2D eigenvalue weighted by atomic mass is 9.88. The van der Waals surface area contributed by atoms with Gasteiger partial charge in [0.15, 0.2) is 0 Å². The van der Waals surface area contributed by atoms with Crippen molar-refractivity contribution in [3.63, 3.8) is 0 Å². The Bertz CT molecular complexity index is 909. The highest BCUT2D eigenvalue weighted by molar-refractivity contribution is 5.88. The van der Waals surface area contributed by atoms with Crippen molar-refractivity contribution in [2.24, 2.45) is 0 Å². The van der Waals surface area contributed by atoms with Gasteiger partial charge in [-0.05, 0) is 41.3 Å². The zero-order valence-corrected chi connectivity index (χ0v) is 15.8. The molecule has 0 aromatic heterocycles. The molecule has 0 radical (unpaired) electrons. The summed E-state index contributed by atoms with van der Waals surface area (Å²) in [6.07, 6.45) is 0.326. The topological polar surface area (TPSA) is 61.8 Å². The van der Waals surface area contributed by atoms with Crippen LogP contribution in [-0.4, -0.2) is 43.0 Å². The highest BCUT2D eigenvalue weighted by Crippen LogP contribution is 2.39. The van der Waals surface area contributed by atoms with E-state index >= 15 is 0 Å². The van der Waals surface area contributed by atoms with Crippen LogP contribution in [0.5, 0.6) is 5.75 Å². The number of anilines is 1. The fourth-order valence-electron chi connectivity index (χ4n) is 3.43. The van der Waals surface area contributed by atoms with Crippen LogP contribution < -0.4 is 10.1 Å². The summed E-state index contributed by atoms with van der Waals surface area (Å²) in [5.41, 5.74) is 5.07. The van der Waals surface area contributed by atoms with Crippen LogP contribution in [0.4, 0.5) is 18.9 Å². The third kappa shape index (κ3) is 4.89. The number of ether oxygens (including phenoxy) is 1. The van der Waals surface area contributed by atoms with Crippen molar-refractivity contribution >= 4 is 18.2 Å². The molecule has 1 amide bonds. The van der Waals surface area contributed by atoms with E-state index in [0.717, 1.165) is 34.4 Å². The van der Waals surface area contributed by atoms with E-state index in [1.807, 2.05) is 18.2 Å². The average molecular weight is 406 g/mol. The van der Waals surface area contributed by atoms with Crippen LogP contribution >= 0.6 is 0 Å². The van der Waals surface area contributed by atoms with Crippen LogP contribution in [0.3, 0.4) is 0 Å². The average Bonchev–Trinajstić information content (AvgIpc) is 2.69. The number of nitrogens with one attached hydrogen (secondary N) is 1. The van der Waals surface area contributed by atoms with Gasteiger partial charge in [-0.3, -0.25) is 4.79 Å². The number of benzene rings is 2. The molecule has 8 heteroatoms. The quantitative estimate of drug-likeness (QED) is 0.687. The van der Waals surface area contributed by atoms with Crippen molar-refractivity contribution in [2.45, 2.75) is 19.3 Å². The van der Waals surface area contributed by atoms with Gasteiger partial charge in [-0.25, -0.2) is 0 Å². The van der Waals surface area contributed by atoms with Gasteiger partial charge in [-0.2, -0.15) is 0 Å². The van der Waals surface area contributed by atoms with Gasteiger partial charge in [0.05, 0.1) is 0 Å². The molecule has 0 atom stereocenters. The molecule has 1 aliphatic rings. The zero-order valence-electron chi connectivity index (χ0n) is 15.8. The number of aliphatic hydroxyl groups is 1.